The number of furan rings is 1. The Kier molecular flexibility index (Phi) is 5.02. The highest BCUT2D eigenvalue weighted by Crippen LogP contribution is 2.22. The Bertz CT molecular complexity index is 524. The van der Waals surface area contributed by atoms with Crippen LogP contribution in [0.4, 0.5) is 0 Å². The first-order valence-electron chi connectivity index (χ1n) is 6.22. The molecule has 0 aliphatic carbocycles. The summed E-state index contributed by atoms with van der Waals surface area (Å²) < 4.78 is 10.8. The van der Waals surface area contributed by atoms with E-state index in [2.05, 4.69) is 11.4 Å². The van der Waals surface area contributed by atoms with Crippen molar-refractivity contribution >= 4 is 11.6 Å². The number of hydrogen-bond donors (Lipinski definition) is 1. The van der Waals surface area contributed by atoms with E-state index < -0.39 is 0 Å². The normalized spacial score (nSPS) is 12.6. The largest absolute Gasteiger partial charge is 0.462 e. The summed E-state index contributed by atoms with van der Waals surface area (Å²) in [6.07, 6.45) is 0.830. The zero-order valence-corrected chi connectivity index (χ0v) is 11.9. The lowest BCUT2D eigenvalue weighted by Crippen LogP contribution is -2.18. The van der Waals surface area contributed by atoms with Gasteiger partial charge in [-0.15, -0.1) is 0 Å². The van der Waals surface area contributed by atoms with Crippen LogP contribution >= 0.6 is 11.6 Å². The van der Waals surface area contributed by atoms with Crippen LogP contribution in [0.3, 0.4) is 0 Å². The van der Waals surface area contributed by atoms with E-state index >= 15 is 0 Å². The highest BCUT2D eigenvalue weighted by Gasteiger charge is 2.14. The summed E-state index contributed by atoms with van der Waals surface area (Å²) in [6.45, 7) is 0.494. The summed E-state index contributed by atoms with van der Waals surface area (Å²) >= 11 is 6.00. The van der Waals surface area contributed by atoms with Gasteiger partial charge in [0.1, 0.15) is 18.1 Å². The summed E-state index contributed by atoms with van der Waals surface area (Å²) in [5.41, 5.74) is 1.18. The van der Waals surface area contributed by atoms with E-state index in [9.17, 15) is 0 Å². The molecule has 1 aromatic carbocycles. The number of hydrogen-bond acceptors (Lipinski definition) is 3. The van der Waals surface area contributed by atoms with Gasteiger partial charge in [0.25, 0.3) is 0 Å². The van der Waals surface area contributed by atoms with Gasteiger partial charge in [-0.3, -0.25) is 0 Å². The quantitative estimate of drug-likeness (QED) is 0.878. The molecule has 0 amide bonds. The highest BCUT2D eigenvalue weighted by atomic mass is 35.5. The van der Waals surface area contributed by atoms with Crippen molar-refractivity contribution in [3.63, 3.8) is 0 Å². The fourth-order valence-corrected chi connectivity index (χ4v) is 2.26. The molecule has 19 heavy (non-hydrogen) atoms. The predicted molar refractivity (Wildman–Crippen MR) is 76.4 cm³/mol. The first kappa shape index (κ1) is 14.1. The van der Waals surface area contributed by atoms with E-state index in [4.69, 9.17) is 20.8 Å². The van der Waals surface area contributed by atoms with Crippen molar-refractivity contribution in [2.45, 2.75) is 19.1 Å². The highest BCUT2D eigenvalue weighted by molar-refractivity contribution is 6.30. The second-order valence-electron chi connectivity index (χ2n) is 4.41. The molecule has 0 fully saturated rings. The molecule has 0 aliphatic rings. The summed E-state index contributed by atoms with van der Waals surface area (Å²) in [6, 6.07) is 11.9. The Morgan fingerprint density at radius 2 is 2.16 bits per heavy atom. The first-order chi connectivity index (χ1) is 9.22. The van der Waals surface area contributed by atoms with Crippen LogP contribution in [0.1, 0.15) is 23.1 Å². The van der Waals surface area contributed by atoms with E-state index in [0.717, 1.165) is 23.0 Å². The smallest absolute Gasteiger partial charge is 0.129 e. The van der Waals surface area contributed by atoms with Gasteiger partial charge in [-0.05, 0) is 43.3 Å². The molecule has 0 saturated heterocycles. The maximum absolute atomic E-state index is 6.00. The number of likely N-dealkylation sites (N-methyl/N-ethyl adjacent to an activating group) is 1. The molecule has 0 aliphatic heterocycles. The minimum absolute atomic E-state index is 0.129. The number of halogens is 1. The number of rotatable bonds is 6. The Hall–Kier alpha value is -1.29. The van der Waals surface area contributed by atoms with Gasteiger partial charge in [-0.25, -0.2) is 0 Å². The van der Waals surface area contributed by atoms with Crippen LogP contribution < -0.4 is 5.32 Å². The van der Waals surface area contributed by atoms with Crippen molar-refractivity contribution in [1.29, 1.82) is 0 Å². The van der Waals surface area contributed by atoms with Crippen LogP contribution in [0.25, 0.3) is 0 Å². The lowest BCUT2D eigenvalue weighted by atomic mass is 10.0. The van der Waals surface area contributed by atoms with E-state index in [0.29, 0.717) is 6.61 Å². The minimum atomic E-state index is 0.129. The van der Waals surface area contributed by atoms with E-state index in [1.807, 2.05) is 37.4 Å². The topological polar surface area (TPSA) is 34.4 Å². The summed E-state index contributed by atoms with van der Waals surface area (Å²) in [7, 11) is 3.58. The molecule has 0 bridgehead atoms. The molecule has 4 heteroatoms. The van der Waals surface area contributed by atoms with Crippen molar-refractivity contribution in [1.82, 2.24) is 5.32 Å². The van der Waals surface area contributed by atoms with Crippen LogP contribution in [-0.4, -0.2) is 14.2 Å². The molecule has 0 spiro atoms. The fourth-order valence-electron chi connectivity index (χ4n) is 2.05. The molecule has 1 atom stereocenters. The molecule has 1 aromatic heterocycles. The third-order valence-corrected chi connectivity index (χ3v) is 3.22. The van der Waals surface area contributed by atoms with E-state index in [1.165, 1.54) is 5.56 Å². The van der Waals surface area contributed by atoms with Crippen molar-refractivity contribution in [3.05, 3.63) is 58.5 Å². The van der Waals surface area contributed by atoms with Gasteiger partial charge in [-0.2, -0.15) is 0 Å². The summed E-state index contributed by atoms with van der Waals surface area (Å²) in [4.78, 5) is 0. The van der Waals surface area contributed by atoms with Gasteiger partial charge in [-0.1, -0.05) is 23.7 Å². The summed E-state index contributed by atoms with van der Waals surface area (Å²) in [5, 5.41) is 4.02. The maximum Gasteiger partial charge on any atom is 0.129 e. The second-order valence-corrected chi connectivity index (χ2v) is 4.85. The lowest BCUT2D eigenvalue weighted by molar-refractivity contribution is 0.161. The second kappa shape index (κ2) is 6.75. The lowest BCUT2D eigenvalue weighted by Gasteiger charge is -2.14. The molecule has 0 radical (unpaired) electrons. The zero-order chi connectivity index (χ0) is 13.7. The van der Waals surface area contributed by atoms with Crippen LogP contribution in [0, 0.1) is 0 Å². The standard InChI is InChI=1S/C15H18ClNO2/c1-17-14(9-11-4-3-5-12(16)8-11)15-7-6-13(19-15)10-18-2/h3-8,14,17H,9-10H2,1-2H3. The van der Waals surface area contributed by atoms with Gasteiger partial charge in [0.05, 0.1) is 6.04 Å². The number of ether oxygens (including phenoxy) is 1. The average Bonchev–Trinajstić information content (AvgIpc) is 2.85. The first-order valence-corrected chi connectivity index (χ1v) is 6.60. The monoisotopic (exact) mass is 279 g/mol. The van der Waals surface area contributed by atoms with Crippen LogP contribution in [0.5, 0.6) is 0 Å². The molecule has 1 N–H and O–H groups in total. The van der Waals surface area contributed by atoms with Gasteiger partial charge in [0, 0.05) is 12.1 Å². The molecule has 0 saturated carbocycles. The molecule has 1 unspecified atom stereocenters. The van der Waals surface area contributed by atoms with Gasteiger partial charge < -0.3 is 14.5 Å². The fraction of sp³-hybridized carbons (Fsp3) is 0.333. The van der Waals surface area contributed by atoms with Crippen molar-refractivity contribution in [2.24, 2.45) is 0 Å². The zero-order valence-electron chi connectivity index (χ0n) is 11.2. The predicted octanol–water partition coefficient (Wildman–Crippen LogP) is 3.58. The van der Waals surface area contributed by atoms with Gasteiger partial charge >= 0.3 is 0 Å². The van der Waals surface area contributed by atoms with Crippen molar-refractivity contribution in [3.8, 4) is 0 Å². The van der Waals surface area contributed by atoms with E-state index in [-0.39, 0.29) is 6.04 Å². The molecule has 2 aromatic rings. The Morgan fingerprint density at radius 3 is 2.84 bits per heavy atom. The molecule has 1 heterocycles. The maximum atomic E-state index is 6.00. The van der Waals surface area contributed by atoms with E-state index in [1.54, 1.807) is 7.11 Å². The van der Waals surface area contributed by atoms with Crippen molar-refractivity contribution < 1.29 is 9.15 Å². The van der Waals surface area contributed by atoms with Gasteiger partial charge in [0.2, 0.25) is 0 Å². The Labute approximate surface area is 118 Å². The van der Waals surface area contributed by atoms with Crippen LogP contribution in [0.15, 0.2) is 40.8 Å². The molecule has 3 nitrogen and oxygen atoms in total. The SMILES string of the molecule is CNC(Cc1cccc(Cl)c1)c1ccc(COC)o1. The minimum Gasteiger partial charge on any atom is -0.462 e. The number of nitrogens with one attached hydrogen (secondary N) is 1. The van der Waals surface area contributed by atoms with Crippen LogP contribution in [-0.2, 0) is 17.8 Å². The number of benzene rings is 1. The third-order valence-electron chi connectivity index (χ3n) is 2.99. The third kappa shape index (κ3) is 3.83. The average molecular weight is 280 g/mol. The Balaban J connectivity index is 2.10. The molecule has 2 rings (SSSR count). The Morgan fingerprint density at radius 1 is 1.32 bits per heavy atom. The molecule has 102 valence electrons. The van der Waals surface area contributed by atoms with Crippen LogP contribution in [0.2, 0.25) is 5.02 Å². The molecular formula is C15H18ClNO2. The molecular weight excluding hydrogens is 262 g/mol. The summed E-state index contributed by atoms with van der Waals surface area (Å²) in [5.74, 6) is 1.75. The van der Waals surface area contributed by atoms with Crippen molar-refractivity contribution in [2.75, 3.05) is 14.2 Å². The number of methoxy groups -OCH3 is 1. The van der Waals surface area contributed by atoms with Gasteiger partial charge in [0.15, 0.2) is 0 Å².